The molecule has 0 amide bonds. The fourth-order valence-corrected chi connectivity index (χ4v) is 1.06. The first-order valence-electron chi connectivity index (χ1n) is 3.93. The summed E-state index contributed by atoms with van der Waals surface area (Å²) < 4.78 is 0. The molecule has 78 valence electrons. The van der Waals surface area contributed by atoms with Crippen LogP contribution in [0.25, 0.3) is 0 Å². The molecule has 1 aromatic rings. The molecule has 6 heteroatoms. The van der Waals surface area contributed by atoms with E-state index in [1.165, 1.54) is 0 Å². The third-order valence-electron chi connectivity index (χ3n) is 1.73. The van der Waals surface area contributed by atoms with E-state index in [0.29, 0.717) is 0 Å². The van der Waals surface area contributed by atoms with E-state index < -0.39 is 0 Å². The monoisotopic (exact) mass is 234 g/mol. The minimum atomic E-state index is 0. The number of anilines is 1. The van der Waals surface area contributed by atoms with E-state index in [-0.39, 0.29) is 24.8 Å². The molecule has 1 aromatic heterocycles. The van der Waals surface area contributed by atoms with Gasteiger partial charge < -0.3 is 0 Å². The Balaban J connectivity index is 0.000000845. The molecule has 2 rings (SSSR count). The highest BCUT2D eigenvalue weighted by Gasteiger charge is 2.07. The number of fused-ring (bicyclic) bond motifs is 1. The lowest BCUT2D eigenvalue weighted by Gasteiger charge is -2.17. The number of amidine groups is 1. The number of nitrogens with one attached hydrogen (secondary N) is 2. The number of aliphatic imine (C=N–C) groups is 1. The zero-order valence-corrected chi connectivity index (χ0v) is 9.28. The molecule has 0 fully saturated rings. The van der Waals surface area contributed by atoms with E-state index in [4.69, 9.17) is 0 Å². The second-order valence-electron chi connectivity index (χ2n) is 2.55. The van der Waals surface area contributed by atoms with Crippen LogP contribution in [-0.2, 0) is 0 Å². The predicted molar refractivity (Wildman–Crippen MR) is 62.9 cm³/mol. The molecule has 1 aliphatic rings. The average molecular weight is 235 g/mol. The maximum atomic E-state index is 4.34. The fraction of sp³-hybridized carbons (Fsp3) is 0.250. The van der Waals surface area contributed by atoms with E-state index >= 15 is 0 Å². The van der Waals surface area contributed by atoms with E-state index in [0.717, 1.165) is 23.6 Å². The average Bonchev–Trinajstić information content (AvgIpc) is 2.17. The number of pyridine rings is 1. The van der Waals surface area contributed by atoms with Gasteiger partial charge in [0.15, 0.2) is 0 Å². The minimum absolute atomic E-state index is 0. The van der Waals surface area contributed by atoms with Gasteiger partial charge in [0.05, 0.1) is 11.9 Å². The molecule has 14 heavy (non-hydrogen) atoms. The number of hydrogen-bond acceptors (Lipinski definition) is 4. The molecule has 0 atom stereocenters. The Bertz CT molecular complexity index is 327. The summed E-state index contributed by atoms with van der Waals surface area (Å²) in [4.78, 5) is 8.34. The quantitative estimate of drug-likeness (QED) is 0.785. The van der Waals surface area contributed by atoms with Crippen molar-refractivity contribution in [2.75, 3.05) is 5.43 Å². The molecule has 4 nitrogen and oxygen atoms in total. The zero-order valence-electron chi connectivity index (χ0n) is 7.65. The standard InChI is InChI=1S/C8H10N4.2ClH/c1-2-8-10-7-5-9-4-3-6(7)11-12-8;;/h3-5,11H,2H2,1H3,(H,10,12);2*1H. The Morgan fingerprint density at radius 2 is 2.07 bits per heavy atom. The lowest BCUT2D eigenvalue weighted by Crippen LogP contribution is -2.31. The number of nitrogens with zero attached hydrogens (tertiary/aromatic N) is 2. The second kappa shape index (κ2) is 5.67. The van der Waals surface area contributed by atoms with E-state index in [2.05, 4.69) is 27.8 Å². The lowest BCUT2D eigenvalue weighted by atomic mass is 10.3. The number of aromatic nitrogens is 1. The van der Waals surface area contributed by atoms with Crippen LogP contribution in [0.1, 0.15) is 13.3 Å². The van der Waals surface area contributed by atoms with Gasteiger partial charge in [0.25, 0.3) is 0 Å². The fourth-order valence-electron chi connectivity index (χ4n) is 1.06. The molecular weight excluding hydrogens is 223 g/mol. The molecule has 0 spiro atoms. The van der Waals surface area contributed by atoms with Crippen molar-refractivity contribution in [3.05, 3.63) is 18.5 Å². The molecule has 2 N–H and O–H groups in total. The summed E-state index contributed by atoms with van der Waals surface area (Å²) in [5.74, 6) is 0.940. The Morgan fingerprint density at radius 1 is 1.29 bits per heavy atom. The maximum Gasteiger partial charge on any atom is 0.120 e. The highest BCUT2D eigenvalue weighted by molar-refractivity contribution is 5.90. The van der Waals surface area contributed by atoms with E-state index in [1.807, 2.05) is 6.07 Å². The summed E-state index contributed by atoms with van der Waals surface area (Å²) in [5, 5.41) is 0. The Labute approximate surface area is 95.0 Å². The highest BCUT2D eigenvalue weighted by Crippen LogP contribution is 2.24. The first-order chi connectivity index (χ1) is 5.90. The first kappa shape index (κ1) is 13.0. The number of hydrazine groups is 1. The number of hydrogen-bond donors (Lipinski definition) is 2. The molecule has 0 aliphatic carbocycles. The molecule has 0 bridgehead atoms. The van der Waals surface area contributed by atoms with Crippen LogP contribution < -0.4 is 10.9 Å². The van der Waals surface area contributed by atoms with Gasteiger partial charge in [0.1, 0.15) is 11.5 Å². The largest absolute Gasteiger partial charge is 0.298 e. The Morgan fingerprint density at radius 3 is 2.79 bits per heavy atom. The van der Waals surface area contributed by atoms with Crippen molar-refractivity contribution in [2.24, 2.45) is 4.99 Å². The van der Waals surface area contributed by atoms with Gasteiger partial charge in [-0.2, -0.15) is 0 Å². The van der Waals surface area contributed by atoms with Crippen molar-refractivity contribution in [1.82, 2.24) is 10.4 Å². The zero-order chi connectivity index (χ0) is 8.39. The molecule has 2 heterocycles. The van der Waals surface area contributed by atoms with Gasteiger partial charge in [0, 0.05) is 12.6 Å². The second-order valence-corrected chi connectivity index (χ2v) is 2.55. The van der Waals surface area contributed by atoms with Gasteiger partial charge in [-0.15, -0.1) is 24.8 Å². The van der Waals surface area contributed by atoms with Crippen LogP contribution in [0.3, 0.4) is 0 Å². The third kappa shape index (κ3) is 2.49. The van der Waals surface area contributed by atoms with Gasteiger partial charge in [-0.1, -0.05) is 6.92 Å². The van der Waals surface area contributed by atoms with Crippen LogP contribution in [0.15, 0.2) is 23.5 Å². The summed E-state index contributed by atoms with van der Waals surface area (Å²) in [7, 11) is 0. The molecule has 0 aromatic carbocycles. The molecule has 0 radical (unpaired) electrons. The van der Waals surface area contributed by atoms with Crippen molar-refractivity contribution < 1.29 is 0 Å². The molecular formula is C8H12Cl2N4. The molecule has 0 unspecified atom stereocenters. The van der Waals surface area contributed by atoms with Crippen molar-refractivity contribution in [3.8, 4) is 0 Å². The van der Waals surface area contributed by atoms with Crippen LogP contribution in [0.4, 0.5) is 11.4 Å². The van der Waals surface area contributed by atoms with E-state index in [9.17, 15) is 0 Å². The summed E-state index contributed by atoms with van der Waals surface area (Å²) >= 11 is 0. The van der Waals surface area contributed by atoms with Gasteiger partial charge in [0.2, 0.25) is 0 Å². The number of rotatable bonds is 1. The van der Waals surface area contributed by atoms with Crippen molar-refractivity contribution in [3.63, 3.8) is 0 Å². The van der Waals surface area contributed by atoms with Crippen LogP contribution >= 0.6 is 24.8 Å². The third-order valence-corrected chi connectivity index (χ3v) is 1.73. The van der Waals surface area contributed by atoms with Crippen LogP contribution in [0.2, 0.25) is 0 Å². The highest BCUT2D eigenvalue weighted by atomic mass is 35.5. The SMILES string of the molecule is CCC1=Nc2cnccc2NN1.Cl.Cl. The summed E-state index contributed by atoms with van der Waals surface area (Å²) in [6.07, 6.45) is 4.38. The topological polar surface area (TPSA) is 49.3 Å². The van der Waals surface area contributed by atoms with Gasteiger partial charge >= 0.3 is 0 Å². The minimum Gasteiger partial charge on any atom is -0.298 e. The number of halogens is 2. The Hall–Kier alpha value is -1.00. The summed E-state index contributed by atoms with van der Waals surface area (Å²) in [6.45, 7) is 2.05. The molecule has 0 saturated heterocycles. The van der Waals surface area contributed by atoms with Crippen molar-refractivity contribution in [2.45, 2.75) is 13.3 Å². The molecule has 0 saturated carbocycles. The molecule has 1 aliphatic heterocycles. The first-order valence-corrected chi connectivity index (χ1v) is 3.93. The van der Waals surface area contributed by atoms with Crippen molar-refractivity contribution >= 4 is 42.0 Å². The van der Waals surface area contributed by atoms with E-state index in [1.54, 1.807) is 12.4 Å². The van der Waals surface area contributed by atoms with Crippen molar-refractivity contribution in [1.29, 1.82) is 0 Å². The van der Waals surface area contributed by atoms with Crippen LogP contribution in [-0.4, -0.2) is 10.8 Å². The van der Waals surface area contributed by atoms with Gasteiger partial charge in [-0.3, -0.25) is 15.8 Å². The normalized spacial score (nSPS) is 11.9. The Kier molecular flexibility index (Phi) is 5.27. The predicted octanol–water partition coefficient (Wildman–Crippen LogP) is 2.30. The van der Waals surface area contributed by atoms with Gasteiger partial charge in [-0.25, -0.2) is 4.99 Å². The summed E-state index contributed by atoms with van der Waals surface area (Å²) in [6, 6.07) is 1.89. The smallest absolute Gasteiger partial charge is 0.120 e. The van der Waals surface area contributed by atoms with Gasteiger partial charge in [-0.05, 0) is 6.07 Å². The summed E-state index contributed by atoms with van der Waals surface area (Å²) in [5.41, 5.74) is 7.91. The van der Waals surface area contributed by atoms with Crippen LogP contribution in [0, 0.1) is 0 Å². The lowest BCUT2D eigenvalue weighted by molar-refractivity contribution is 1.02. The van der Waals surface area contributed by atoms with Crippen LogP contribution in [0.5, 0.6) is 0 Å². The maximum absolute atomic E-state index is 4.34.